The summed E-state index contributed by atoms with van der Waals surface area (Å²) >= 11 is 12.1. The van der Waals surface area contributed by atoms with E-state index in [-0.39, 0.29) is 12.4 Å². The van der Waals surface area contributed by atoms with Gasteiger partial charge >= 0.3 is 0 Å². The molecule has 0 spiro atoms. The Kier molecular flexibility index (Phi) is 5.26. The van der Waals surface area contributed by atoms with Crippen LogP contribution in [0, 0.1) is 6.92 Å². The summed E-state index contributed by atoms with van der Waals surface area (Å²) in [7, 11) is 0. The second kappa shape index (κ2) is 7.59. The average Bonchev–Trinajstić information content (AvgIpc) is 3.06. The Bertz CT molecular complexity index is 889. The van der Waals surface area contributed by atoms with E-state index < -0.39 is 5.91 Å². The lowest BCUT2D eigenvalue weighted by Crippen LogP contribution is -2.15. The van der Waals surface area contributed by atoms with Crippen molar-refractivity contribution in [1.29, 1.82) is 0 Å². The molecule has 0 fully saturated rings. The predicted octanol–water partition coefficient (Wildman–Crippen LogP) is 4.79. The fourth-order valence-corrected chi connectivity index (χ4v) is 2.70. The van der Waals surface area contributed by atoms with Gasteiger partial charge in [0.1, 0.15) is 5.75 Å². The Morgan fingerprint density at radius 3 is 2.56 bits per heavy atom. The van der Waals surface area contributed by atoms with Gasteiger partial charge in [-0.05, 0) is 36.8 Å². The molecule has 1 amide bonds. The van der Waals surface area contributed by atoms with Gasteiger partial charge in [0.25, 0.3) is 5.91 Å². The van der Waals surface area contributed by atoms with E-state index in [1.54, 1.807) is 30.5 Å². The second-order valence-electron chi connectivity index (χ2n) is 5.33. The Hall–Kier alpha value is -2.50. The van der Waals surface area contributed by atoms with E-state index in [1.807, 2.05) is 31.2 Å². The minimum atomic E-state index is -0.398. The Morgan fingerprint density at radius 2 is 1.84 bits per heavy atom. The molecular weight excluding hydrogens is 361 g/mol. The third-order valence-corrected chi connectivity index (χ3v) is 4.15. The first kappa shape index (κ1) is 17.3. The van der Waals surface area contributed by atoms with Gasteiger partial charge in [-0.2, -0.15) is 5.10 Å². The van der Waals surface area contributed by atoms with Crippen molar-refractivity contribution in [3.63, 3.8) is 0 Å². The number of carbonyl (C=O) groups is 1. The van der Waals surface area contributed by atoms with Crippen LogP contribution in [0.15, 0.2) is 54.7 Å². The number of nitrogens with one attached hydrogen (secondary N) is 1. The maximum Gasteiger partial charge on any atom is 0.276 e. The van der Waals surface area contributed by atoms with Crippen LogP contribution in [0.3, 0.4) is 0 Å². The first-order valence-electron chi connectivity index (χ1n) is 7.52. The van der Waals surface area contributed by atoms with E-state index in [2.05, 4.69) is 10.4 Å². The van der Waals surface area contributed by atoms with Crippen LogP contribution in [0.5, 0.6) is 5.75 Å². The minimum Gasteiger partial charge on any atom is -0.471 e. The Balaban J connectivity index is 1.67. The fourth-order valence-electron chi connectivity index (χ4n) is 2.20. The van der Waals surface area contributed by atoms with Gasteiger partial charge in [0, 0.05) is 6.20 Å². The van der Waals surface area contributed by atoms with E-state index in [9.17, 15) is 4.79 Å². The van der Waals surface area contributed by atoms with E-state index >= 15 is 0 Å². The molecule has 5 nitrogen and oxygen atoms in total. The van der Waals surface area contributed by atoms with Crippen molar-refractivity contribution < 1.29 is 9.53 Å². The molecule has 1 aromatic heterocycles. The highest BCUT2D eigenvalue weighted by atomic mass is 35.5. The van der Waals surface area contributed by atoms with Gasteiger partial charge in [-0.25, -0.2) is 4.68 Å². The number of aromatic nitrogens is 2. The lowest BCUT2D eigenvalue weighted by atomic mass is 10.2. The van der Waals surface area contributed by atoms with Crippen molar-refractivity contribution in [3.8, 4) is 5.75 Å². The molecule has 2 aromatic carbocycles. The van der Waals surface area contributed by atoms with E-state index in [0.29, 0.717) is 15.7 Å². The molecule has 7 heteroatoms. The van der Waals surface area contributed by atoms with Gasteiger partial charge in [-0.3, -0.25) is 4.79 Å². The smallest absolute Gasteiger partial charge is 0.276 e. The average molecular weight is 376 g/mol. The van der Waals surface area contributed by atoms with Crippen LogP contribution in [-0.2, 0) is 6.73 Å². The lowest BCUT2D eigenvalue weighted by Gasteiger charge is -2.09. The van der Waals surface area contributed by atoms with Crippen molar-refractivity contribution in [2.24, 2.45) is 0 Å². The Morgan fingerprint density at radius 1 is 1.12 bits per heavy atom. The fraction of sp³-hybridized carbons (Fsp3) is 0.111. The van der Waals surface area contributed by atoms with E-state index in [1.165, 1.54) is 4.68 Å². The summed E-state index contributed by atoms with van der Waals surface area (Å²) in [5, 5.41) is 7.60. The number of ether oxygens (including phenoxy) is 1. The van der Waals surface area contributed by atoms with Gasteiger partial charge in [-0.15, -0.1) is 0 Å². The van der Waals surface area contributed by atoms with Crippen molar-refractivity contribution in [3.05, 3.63) is 76.0 Å². The summed E-state index contributed by atoms with van der Waals surface area (Å²) in [4.78, 5) is 12.3. The summed E-state index contributed by atoms with van der Waals surface area (Å²) < 4.78 is 7.24. The largest absolute Gasteiger partial charge is 0.471 e. The van der Waals surface area contributed by atoms with Gasteiger partial charge in [0.05, 0.1) is 15.7 Å². The molecule has 0 unspecified atom stereocenters. The number of carbonyl (C=O) groups excluding carboxylic acids is 1. The number of halogens is 2. The number of hydrogen-bond donors (Lipinski definition) is 1. The van der Waals surface area contributed by atoms with Crippen LogP contribution in [0.2, 0.25) is 10.0 Å². The van der Waals surface area contributed by atoms with Crippen LogP contribution in [0.25, 0.3) is 0 Å². The van der Waals surface area contributed by atoms with E-state index in [0.717, 1.165) is 11.3 Å². The summed E-state index contributed by atoms with van der Waals surface area (Å²) in [6.45, 7) is 2.16. The highest BCUT2D eigenvalue weighted by molar-refractivity contribution is 6.39. The molecular formula is C18H15Cl2N3O2. The SMILES string of the molecule is Cc1ccccc1OCn1ccc(C(=O)Nc2c(Cl)cccc2Cl)n1. The third kappa shape index (κ3) is 4.13. The molecule has 1 N–H and O–H groups in total. The van der Waals surface area contributed by atoms with Crippen LogP contribution in [-0.4, -0.2) is 15.7 Å². The maximum absolute atomic E-state index is 12.3. The molecule has 3 rings (SSSR count). The summed E-state index contributed by atoms with van der Waals surface area (Å²) in [5.41, 5.74) is 1.63. The van der Waals surface area contributed by atoms with Crippen molar-refractivity contribution in [2.75, 3.05) is 5.32 Å². The molecule has 25 heavy (non-hydrogen) atoms. The number of hydrogen-bond acceptors (Lipinski definition) is 3. The monoisotopic (exact) mass is 375 g/mol. The predicted molar refractivity (Wildman–Crippen MR) is 98.4 cm³/mol. The van der Waals surface area contributed by atoms with Gasteiger partial charge in [-0.1, -0.05) is 47.5 Å². The maximum atomic E-state index is 12.3. The van der Waals surface area contributed by atoms with Gasteiger partial charge in [0.2, 0.25) is 0 Å². The molecule has 0 saturated carbocycles. The highest BCUT2D eigenvalue weighted by Crippen LogP contribution is 2.30. The summed E-state index contributed by atoms with van der Waals surface area (Å²) in [5.74, 6) is 0.372. The van der Waals surface area contributed by atoms with Crippen LogP contribution >= 0.6 is 23.2 Å². The molecule has 0 bridgehead atoms. The number of amides is 1. The highest BCUT2D eigenvalue weighted by Gasteiger charge is 2.14. The van der Waals surface area contributed by atoms with Crippen molar-refractivity contribution in [1.82, 2.24) is 9.78 Å². The summed E-state index contributed by atoms with van der Waals surface area (Å²) in [6, 6.07) is 14.3. The lowest BCUT2D eigenvalue weighted by molar-refractivity contribution is 0.102. The number of para-hydroxylation sites is 2. The van der Waals surface area contributed by atoms with E-state index in [4.69, 9.17) is 27.9 Å². The molecule has 0 radical (unpaired) electrons. The topological polar surface area (TPSA) is 56.1 Å². The second-order valence-corrected chi connectivity index (χ2v) is 6.14. The third-order valence-electron chi connectivity index (χ3n) is 3.52. The van der Waals surface area contributed by atoms with Gasteiger partial charge in [0.15, 0.2) is 12.4 Å². The first-order chi connectivity index (χ1) is 12.0. The van der Waals surface area contributed by atoms with Crippen LogP contribution in [0.4, 0.5) is 5.69 Å². The molecule has 0 aliphatic carbocycles. The number of aryl methyl sites for hydroxylation is 1. The molecule has 0 atom stereocenters. The van der Waals surface area contributed by atoms with Gasteiger partial charge < -0.3 is 10.1 Å². The minimum absolute atomic E-state index is 0.199. The zero-order valence-electron chi connectivity index (χ0n) is 13.4. The first-order valence-corrected chi connectivity index (χ1v) is 8.27. The zero-order chi connectivity index (χ0) is 17.8. The zero-order valence-corrected chi connectivity index (χ0v) is 14.9. The summed E-state index contributed by atoms with van der Waals surface area (Å²) in [6.07, 6.45) is 1.67. The number of anilines is 1. The van der Waals surface area contributed by atoms with Crippen molar-refractivity contribution in [2.45, 2.75) is 13.7 Å². The molecule has 1 heterocycles. The van der Waals surface area contributed by atoms with Crippen LogP contribution in [0.1, 0.15) is 16.1 Å². The number of nitrogens with zero attached hydrogens (tertiary/aromatic N) is 2. The quantitative estimate of drug-likeness (QED) is 0.697. The molecule has 0 aliphatic heterocycles. The number of benzene rings is 2. The van der Waals surface area contributed by atoms with Crippen molar-refractivity contribution >= 4 is 34.8 Å². The number of rotatable bonds is 5. The molecule has 128 valence electrons. The molecule has 3 aromatic rings. The van der Waals surface area contributed by atoms with Crippen LogP contribution < -0.4 is 10.1 Å². The molecule has 0 saturated heterocycles. The molecule has 0 aliphatic rings. The Labute approximate surface area is 155 Å². The standard InChI is InChI=1S/C18H15Cl2N3O2/c1-12-5-2-3-8-16(12)25-11-23-10-9-15(22-23)18(24)21-17-13(19)6-4-7-14(17)20/h2-10H,11H2,1H3,(H,21,24). The normalized spacial score (nSPS) is 10.5.